The largest absolute Gasteiger partial charge is 0.534 e. The second kappa shape index (κ2) is 8.48. The van der Waals surface area contributed by atoms with E-state index in [9.17, 15) is 13.8 Å². The van der Waals surface area contributed by atoms with Crippen LogP contribution in [0.2, 0.25) is 0 Å². The second-order valence-electron chi connectivity index (χ2n) is 5.94. The Morgan fingerprint density at radius 2 is 1.88 bits per heavy atom. The van der Waals surface area contributed by atoms with Crippen molar-refractivity contribution in [2.24, 2.45) is 0 Å². The first kappa shape index (κ1) is 20.4. The molecule has 0 saturated heterocycles. The molecule has 0 aromatic heterocycles. The number of esters is 1. The average Bonchev–Trinajstić information content (AvgIpc) is 2.41. The predicted molar refractivity (Wildman–Crippen MR) is 86.9 cm³/mol. The molecule has 8 nitrogen and oxygen atoms in total. The van der Waals surface area contributed by atoms with E-state index in [1.54, 1.807) is 34.6 Å². The summed E-state index contributed by atoms with van der Waals surface area (Å²) < 4.78 is 27.8. The van der Waals surface area contributed by atoms with Crippen molar-refractivity contribution in [2.45, 2.75) is 53.4 Å². The third-order valence-electron chi connectivity index (χ3n) is 2.82. The van der Waals surface area contributed by atoms with Gasteiger partial charge < -0.3 is 19.0 Å². The number of ether oxygens (including phenoxy) is 3. The monoisotopic (exact) mass is 363 g/mol. The molecule has 1 aliphatic rings. The molecule has 0 saturated carbocycles. The van der Waals surface area contributed by atoms with Gasteiger partial charge in [-0.1, -0.05) is 0 Å². The third kappa shape index (κ3) is 5.48. The standard InChI is InChI=1S/C15H25NO7S/c1-7-20-11-9-24(19)12(13(17)21-8-2)10(3)16(11)23-14(18)22-15(4,5)6/h11H,7-9H2,1-6H3/t11-,24?/m0/s1. The van der Waals surface area contributed by atoms with Crippen molar-refractivity contribution in [3.63, 3.8) is 0 Å². The molecule has 0 amide bonds. The summed E-state index contributed by atoms with van der Waals surface area (Å²) in [5.41, 5.74) is -0.541. The summed E-state index contributed by atoms with van der Waals surface area (Å²) in [5, 5.41) is 1.12. The van der Waals surface area contributed by atoms with Crippen molar-refractivity contribution in [3.05, 3.63) is 10.6 Å². The Bertz CT molecular complexity index is 538. The molecule has 0 aromatic carbocycles. The fourth-order valence-electron chi connectivity index (χ4n) is 1.98. The molecule has 0 radical (unpaired) electrons. The highest BCUT2D eigenvalue weighted by Gasteiger charge is 2.38. The van der Waals surface area contributed by atoms with Gasteiger partial charge in [-0.05, 0) is 41.5 Å². The van der Waals surface area contributed by atoms with E-state index in [4.69, 9.17) is 19.0 Å². The molecule has 0 fully saturated rings. The highest BCUT2D eigenvalue weighted by molar-refractivity contribution is 7.90. The molecular weight excluding hydrogens is 338 g/mol. The van der Waals surface area contributed by atoms with Crippen LogP contribution in [0.15, 0.2) is 10.6 Å². The number of hydrogen-bond donors (Lipinski definition) is 0. The summed E-state index contributed by atoms with van der Waals surface area (Å²) >= 11 is 0. The maximum atomic E-state index is 12.3. The summed E-state index contributed by atoms with van der Waals surface area (Å²) in [7, 11) is -1.62. The molecule has 2 atom stereocenters. The highest BCUT2D eigenvalue weighted by atomic mass is 32.2. The average molecular weight is 363 g/mol. The minimum absolute atomic E-state index is 0.0257. The molecule has 1 unspecified atom stereocenters. The van der Waals surface area contributed by atoms with Crippen molar-refractivity contribution >= 4 is 22.9 Å². The molecule has 0 aromatic rings. The number of rotatable bonds is 5. The van der Waals surface area contributed by atoms with Crippen molar-refractivity contribution in [3.8, 4) is 0 Å². The molecule has 1 aliphatic heterocycles. The fourth-order valence-corrected chi connectivity index (χ4v) is 3.30. The van der Waals surface area contributed by atoms with E-state index in [2.05, 4.69) is 0 Å². The van der Waals surface area contributed by atoms with Crippen LogP contribution in [0.5, 0.6) is 0 Å². The van der Waals surface area contributed by atoms with Gasteiger partial charge in [0, 0.05) is 6.61 Å². The number of allylic oxidation sites excluding steroid dienone is 1. The Morgan fingerprint density at radius 3 is 2.38 bits per heavy atom. The minimum atomic E-state index is -1.62. The van der Waals surface area contributed by atoms with E-state index in [1.165, 1.54) is 6.92 Å². The summed E-state index contributed by atoms with van der Waals surface area (Å²) in [6.45, 7) is 10.5. The number of hydroxylamine groups is 2. The van der Waals surface area contributed by atoms with Gasteiger partial charge in [0.2, 0.25) is 0 Å². The van der Waals surface area contributed by atoms with Gasteiger partial charge >= 0.3 is 12.1 Å². The number of carbonyl (C=O) groups excluding carboxylic acids is 2. The Labute approximate surface area is 144 Å². The Kier molecular flexibility index (Phi) is 7.22. The molecule has 9 heteroatoms. The van der Waals surface area contributed by atoms with Crippen LogP contribution in [0.3, 0.4) is 0 Å². The van der Waals surface area contributed by atoms with Crippen LogP contribution in [0.4, 0.5) is 4.79 Å². The van der Waals surface area contributed by atoms with Crippen LogP contribution in [-0.4, -0.2) is 52.2 Å². The third-order valence-corrected chi connectivity index (χ3v) is 4.33. The summed E-state index contributed by atoms with van der Waals surface area (Å²) in [5.74, 6) is -0.733. The minimum Gasteiger partial charge on any atom is -0.462 e. The van der Waals surface area contributed by atoms with Gasteiger partial charge in [0.25, 0.3) is 0 Å². The number of carbonyl (C=O) groups is 2. The first-order valence-corrected chi connectivity index (χ1v) is 9.00. The maximum Gasteiger partial charge on any atom is 0.534 e. The van der Waals surface area contributed by atoms with Crippen molar-refractivity contribution in [1.29, 1.82) is 0 Å². The highest BCUT2D eigenvalue weighted by Crippen LogP contribution is 2.27. The quantitative estimate of drug-likeness (QED) is 0.686. The van der Waals surface area contributed by atoms with Crippen LogP contribution in [0, 0.1) is 0 Å². The van der Waals surface area contributed by atoms with E-state index in [-0.39, 0.29) is 23.0 Å². The normalized spacial score (nSPS) is 21.5. The zero-order valence-corrected chi connectivity index (χ0v) is 15.7. The van der Waals surface area contributed by atoms with Crippen LogP contribution in [0.25, 0.3) is 0 Å². The van der Waals surface area contributed by atoms with E-state index in [1.807, 2.05) is 0 Å². The van der Waals surface area contributed by atoms with Crippen molar-refractivity contribution in [1.82, 2.24) is 5.06 Å². The molecule has 1 rings (SSSR count). The summed E-state index contributed by atoms with van der Waals surface area (Å²) in [6.07, 6.45) is -1.72. The van der Waals surface area contributed by atoms with Crippen LogP contribution >= 0.6 is 0 Å². The van der Waals surface area contributed by atoms with E-state index in [0.29, 0.717) is 6.61 Å². The maximum absolute atomic E-state index is 12.3. The van der Waals surface area contributed by atoms with Gasteiger partial charge in [-0.15, -0.1) is 0 Å². The van der Waals surface area contributed by atoms with Crippen LogP contribution < -0.4 is 0 Å². The van der Waals surface area contributed by atoms with Gasteiger partial charge in [0.05, 0.1) is 28.9 Å². The zero-order valence-electron chi connectivity index (χ0n) is 14.9. The summed E-state index contributed by atoms with van der Waals surface area (Å²) in [4.78, 5) is 29.1. The fraction of sp³-hybridized carbons (Fsp3) is 0.733. The SMILES string of the molecule is CCOC(=O)C1=C(C)N(OC(=O)OC(C)(C)C)[C@@H](OCC)CS1=O. The predicted octanol–water partition coefficient (Wildman–Crippen LogP) is 2.07. The van der Waals surface area contributed by atoms with Crippen molar-refractivity contribution in [2.75, 3.05) is 19.0 Å². The molecule has 0 aliphatic carbocycles. The van der Waals surface area contributed by atoms with E-state index < -0.39 is 34.8 Å². The molecule has 0 spiro atoms. The van der Waals surface area contributed by atoms with E-state index >= 15 is 0 Å². The molecule has 0 N–H and O–H groups in total. The van der Waals surface area contributed by atoms with Crippen LogP contribution in [-0.2, 0) is 34.6 Å². The molecule has 0 bridgehead atoms. The van der Waals surface area contributed by atoms with Gasteiger partial charge in [-0.2, -0.15) is 5.06 Å². The zero-order chi connectivity index (χ0) is 18.5. The van der Waals surface area contributed by atoms with Gasteiger partial charge in [0.1, 0.15) is 10.5 Å². The topological polar surface area (TPSA) is 91.4 Å². The summed E-state index contributed by atoms with van der Waals surface area (Å²) in [6, 6.07) is 0. The smallest absolute Gasteiger partial charge is 0.462 e. The van der Waals surface area contributed by atoms with E-state index in [0.717, 1.165) is 5.06 Å². The Morgan fingerprint density at radius 1 is 1.25 bits per heavy atom. The van der Waals surface area contributed by atoms with Crippen molar-refractivity contribution < 1.29 is 32.8 Å². The molecular formula is C15H25NO7S. The van der Waals surface area contributed by atoms with Gasteiger partial charge in [-0.25, -0.2) is 9.59 Å². The number of nitrogens with zero attached hydrogens (tertiary/aromatic N) is 1. The van der Waals surface area contributed by atoms with Crippen LogP contribution in [0.1, 0.15) is 41.5 Å². The first-order valence-electron chi connectivity index (χ1n) is 7.68. The second-order valence-corrected chi connectivity index (χ2v) is 7.37. The number of hydrogen-bond acceptors (Lipinski definition) is 8. The Hall–Kier alpha value is -1.61. The molecule has 1 heterocycles. The Balaban J connectivity index is 3.10. The van der Waals surface area contributed by atoms with Gasteiger partial charge in [0.15, 0.2) is 6.23 Å². The lowest BCUT2D eigenvalue weighted by Gasteiger charge is -2.35. The lowest BCUT2D eigenvalue weighted by molar-refractivity contribution is -0.203. The molecule has 138 valence electrons. The lowest BCUT2D eigenvalue weighted by atomic mass is 10.2. The lowest BCUT2D eigenvalue weighted by Crippen LogP contribution is -2.47. The van der Waals surface area contributed by atoms with Gasteiger partial charge in [-0.3, -0.25) is 4.21 Å². The molecule has 24 heavy (non-hydrogen) atoms. The first-order chi connectivity index (χ1) is 11.1.